The number of anilines is 1. The molecule has 17 heavy (non-hydrogen) atoms. The highest BCUT2D eigenvalue weighted by Crippen LogP contribution is 2.31. The maximum absolute atomic E-state index is 5.87. The highest BCUT2D eigenvalue weighted by molar-refractivity contribution is 6.28. The van der Waals surface area contributed by atoms with Crippen LogP contribution in [0.25, 0.3) is 5.95 Å². The van der Waals surface area contributed by atoms with Crippen molar-refractivity contribution in [3.05, 3.63) is 24.0 Å². The summed E-state index contributed by atoms with van der Waals surface area (Å²) in [5.41, 5.74) is 0. The van der Waals surface area contributed by atoms with Gasteiger partial charge in [0.25, 0.3) is 0 Å². The van der Waals surface area contributed by atoms with Gasteiger partial charge in [0.05, 0.1) is 0 Å². The van der Waals surface area contributed by atoms with Crippen molar-refractivity contribution in [3.8, 4) is 5.95 Å². The van der Waals surface area contributed by atoms with Crippen LogP contribution in [-0.2, 0) is 0 Å². The molecular formula is C10H11ClN6. The number of nitrogens with zero attached hydrogens (tertiary/aromatic N) is 5. The molecule has 1 N–H and O–H groups in total. The van der Waals surface area contributed by atoms with Gasteiger partial charge in [-0.3, -0.25) is 4.57 Å². The summed E-state index contributed by atoms with van der Waals surface area (Å²) in [6.07, 6.45) is 6.18. The van der Waals surface area contributed by atoms with E-state index in [0.29, 0.717) is 23.9 Å². The van der Waals surface area contributed by atoms with Crippen molar-refractivity contribution in [2.24, 2.45) is 5.92 Å². The molecule has 3 rings (SSSR count). The maximum atomic E-state index is 5.87. The van der Waals surface area contributed by atoms with Crippen molar-refractivity contribution in [1.29, 1.82) is 0 Å². The Bertz CT molecular complexity index is 526. The molecule has 2 atom stereocenters. The monoisotopic (exact) mass is 250 g/mol. The number of hydrogen-bond acceptors (Lipinski definition) is 5. The van der Waals surface area contributed by atoms with Crippen molar-refractivity contribution in [2.45, 2.75) is 19.4 Å². The van der Waals surface area contributed by atoms with Gasteiger partial charge in [-0.1, -0.05) is 6.92 Å². The summed E-state index contributed by atoms with van der Waals surface area (Å²) in [7, 11) is 0. The Morgan fingerprint density at radius 1 is 1.41 bits per heavy atom. The normalized spacial score (nSPS) is 22.5. The maximum Gasteiger partial charge on any atom is 0.241 e. The van der Waals surface area contributed by atoms with E-state index in [9.17, 15) is 0 Å². The van der Waals surface area contributed by atoms with E-state index in [0.717, 1.165) is 6.42 Å². The van der Waals surface area contributed by atoms with Crippen molar-refractivity contribution < 1.29 is 0 Å². The first-order valence-corrected chi connectivity index (χ1v) is 5.76. The predicted octanol–water partition coefficient (Wildman–Crippen LogP) is 1.53. The van der Waals surface area contributed by atoms with Crippen LogP contribution in [0.2, 0.25) is 5.28 Å². The zero-order valence-corrected chi connectivity index (χ0v) is 9.96. The van der Waals surface area contributed by atoms with Crippen LogP contribution in [-0.4, -0.2) is 30.5 Å². The first kappa shape index (κ1) is 10.5. The van der Waals surface area contributed by atoms with Gasteiger partial charge in [0.15, 0.2) is 0 Å². The second kappa shape index (κ2) is 3.96. The van der Waals surface area contributed by atoms with Crippen LogP contribution in [0.5, 0.6) is 0 Å². The average molecular weight is 251 g/mol. The Labute approximate surface area is 103 Å². The Balaban J connectivity index is 1.89. The molecule has 0 aromatic carbocycles. The third kappa shape index (κ3) is 2.21. The number of rotatable bonds is 3. The SMILES string of the molecule is CC1CC1Nc1nc(Cl)nc(-n2ccnc2)n1. The lowest BCUT2D eigenvalue weighted by molar-refractivity contribution is 0.870. The van der Waals surface area contributed by atoms with Gasteiger partial charge in [0, 0.05) is 18.4 Å². The quantitative estimate of drug-likeness (QED) is 0.895. The molecule has 1 aliphatic rings. The van der Waals surface area contributed by atoms with Gasteiger partial charge in [0.1, 0.15) is 6.33 Å². The van der Waals surface area contributed by atoms with E-state index in [4.69, 9.17) is 11.6 Å². The molecule has 0 radical (unpaired) electrons. The fourth-order valence-electron chi connectivity index (χ4n) is 1.59. The van der Waals surface area contributed by atoms with E-state index in [1.54, 1.807) is 23.3 Å². The van der Waals surface area contributed by atoms with Crippen LogP contribution in [0.3, 0.4) is 0 Å². The van der Waals surface area contributed by atoms with Gasteiger partial charge < -0.3 is 5.32 Å². The molecule has 88 valence electrons. The Morgan fingerprint density at radius 3 is 2.88 bits per heavy atom. The highest BCUT2D eigenvalue weighted by Gasteiger charge is 2.33. The van der Waals surface area contributed by atoms with Gasteiger partial charge >= 0.3 is 0 Å². The Hall–Kier alpha value is -1.69. The molecular weight excluding hydrogens is 240 g/mol. The van der Waals surface area contributed by atoms with E-state index in [1.165, 1.54) is 0 Å². The fraction of sp³-hybridized carbons (Fsp3) is 0.400. The standard InChI is InChI=1S/C10H11ClN6/c1-6-4-7(6)13-9-14-8(11)15-10(16-9)17-3-2-12-5-17/h2-3,5-7H,4H2,1H3,(H,13,14,15,16). The minimum Gasteiger partial charge on any atom is -0.351 e. The molecule has 2 aromatic heterocycles. The van der Waals surface area contributed by atoms with Crippen molar-refractivity contribution in [3.63, 3.8) is 0 Å². The van der Waals surface area contributed by atoms with E-state index in [2.05, 4.69) is 32.2 Å². The minimum absolute atomic E-state index is 0.180. The molecule has 0 saturated heterocycles. The predicted molar refractivity (Wildman–Crippen MR) is 63.2 cm³/mol. The number of halogens is 1. The van der Waals surface area contributed by atoms with Gasteiger partial charge in [-0.15, -0.1) is 0 Å². The molecule has 7 heteroatoms. The van der Waals surface area contributed by atoms with E-state index >= 15 is 0 Å². The number of hydrogen-bond donors (Lipinski definition) is 1. The molecule has 1 aliphatic carbocycles. The van der Waals surface area contributed by atoms with E-state index < -0.39 is 0 Å². The molecule has 2 heterocycles. The summed E-state index contributed by atoms with van der Waals surface area (Å²) in [5.74, 6) is 1.66. The average Bonchev–Trinajstić information content (AvgIpc) is 2.83. The number of nitrogens with one attached hydrogen (secondary N) is 1. The highest BCUT2D eigenvalue weighted by atomic mass is 35.5. The van der Waals surface area contributed by atoms with Gasteiger partial charge in [-0.25, -0.2) is 4.98 Å². The van der Waals surface area contributed by atoms with Crippen molar-refractivity contribution in [2.75, 3.05) is 5.32 Å². The zero-order chi connectivity index (χ0) is 11.8. The van der Waals surface area contributed by atoms with Crippen molar-refractivity contribution >= 4 is 17.5 Å². The summed E-state index contributed by atoms with van der Waals surface area (Å²) in [4.78, 5) is 16.3. The fourth-order valence-corrected chi connectivity index (χ4v) is 1.74. The second-order valence-electron chi connectivity index (χ2n) is 4.16. The van der Waals surface area contributed by atoms with Crippen LogP contribution >= 0.6 is 11.6 Å². The molecule has 6 nitrogen and oxygen atoms in total. The summed E-state index contributed by atoms with van der Waals surface area (Å²) < 4.78 is 1.69. The van der Waals surface area contributed by atoms with Crippen LogP contribution in [0.4, 0.5) is 5.95 Å². The lowest BCUT2D eigenvalue weighted by Gasteiger charge is -2.05. The number of aromatic nitrogens is 5. The van der Waals surface area contributed by atoms with Crippen molar-refractivity contribution in [1.82, 2.24) is 24.5 Å². The van der Waals surface area contributed by atoms with Crippen LogP contribution in [0.15, 0.2) is 18.7 Å². The Morgan fingerprint density at radius 2 is 2.24 bits per heavy atom. The molecule has 0 amide bonds. The summed E-state index contributed by atoms with van der Waals surface area (Å²) in [5, 5.41) is 3.41. The first-order valence-electron chi connectivity index (χ1n) is 5.39. The lowest BCUT2D eigenvalue weighted by atomic mass is 10.5. The largest absolute Gasteiger partial charge is 0.351 e. The van der Waals surface area contributed by atoms with Crippen LogP contribution in [0.1, 0.15) is 13.3 Å². The summed E-state index contributed by atoms with van der Waals surface area (Å²) in [6, 6.07) is 0.448. The molecule has 2 aromatic rings. The third-order valence-electron chi connectivity index (χ3n) is 2.76. The molecule has 2 unspecified atom stereocenters. The van der Waals surface area contributed by atoms with Crippen LogP contribution < -0.4 is 5.32 Å². The molecule has 1 fully saturated rings. The summed E-state index contributed by atoms with van der Waals surface area (Å²) in [6.45, 7) is 2.18. The van der Waals surface area contributed by atoms with Gasteiger partial charge in [-0.05, 0) is 23.9 Å². The molecule has 0 bridgehead atoms. The molecule has 1 saturated carbocycles. The molecule has 0 aliphatic heterocycles. The lowest BCUT2D eigenvalue weighted by Crippen LogP contribution is -2.10. The smallest absolute Gasteiger partial charge is 0.241 e. The Kier molecular flexibility index (Phi) is 2.44. The number of imidazole rings is 1. The van der Waals surface area contributed by atoms with Crippen LogP contribution in [0, 0.1) is 5.92 Å². The zero-order valence-electron chi connectivity index (χ0n) is 9.21. The third-order valence-corrected chi connectivity index (χ3v) is 2.92. The first-order chi connectivity index (χ1) is 8.22. The van der Waals surface area contributed by atoms with E-state index in [1.807, 2.05) is 0 Å². The van der Waals surface area contributed by atoms with E-state index in [-0.39, 0.29) is 5.28 Å². The van der Waals surface area contributed by atoms with Gasteiger partial charge in [0.2, 0.25) is 17.2 Å². The topological polar surface area (TPSA) is 68.5 Å². The minimum atomic E-state index is 0.180. The summed E-state index contributed by atoms with van der Waals surface area (Å²) >= 11 is 5.87. The van der Waals surface area contributed by atoms with Gasteiger partial charge in [-0.2, -0.15) is 15.0 Å². The second-order valence-corrected chi connectivity index (χ2v) is 4.50. The molecule has 0 spiro atoms.